The second-order valence-electron chi connectivity index (χ2n) is 3.67. The predicted octanol–water partition coefficient (Wildman–Crippen LogP) is 2.86. The lowest BCUT2D eigenvalue weighted by Crippen LogP contribution is -2.36. The summed E-state index contributed by atoms with van der Waals surface area (Å²) in [5, 5.41) is 3.23. The molecule has 0 saturated carbocycles. The number of hydrogen-bond donors (Lipinski definition) is 1. The number of hydrogen-bond acceptors (Lipinski definition) is 1. The van der Waals surface area contributed by atoms with Crippen molar-refractivity contribution in [1.29, 1.82) is 0 Å². The molecule has 1 aliphatic rings. The van der Waals surface area contributed by atoms with E-state index in [1.165, 1.54) is 0 Å². The Morgan fingerprint density at radius 3 is 3.00 bits per heavy atom. The molecule has 1 saturated heterocycles. The zero-order chi connectivity index (χ0) is 9.97. The van der Waals surface area contributed by atoms with Gasteiger partial charge in [0.05, 0.1) is 0 Å². The van der Waals surface area contributed by atoms with Gasteiger partial charge in [-0.2, -0.15) is 0 Å². The van der Waals surface area contributed by atoms with Gasteiger partial charge >= 0.3 is 0 Å². The molecule has 0 amide bonds. The van der Waals surface area contributed by atoms with Crippen molar-refractivity contribution >= 4 is 15.9 Å². The summed E-state index contributed by atoms with van der Waals surface area (Å²) in [6, 6.07) is 7.92. The highest BCUT2D eigenvalue weighted by Gasteiger charge is 2.25. The van der Waals surface area contributed by atoms with Crippen LogP contribution in [0.1, 0.15) is 17.9 Å². The Balaban J connectivity index is 2.20. The quantitative estimate of drug-likeness (QED) is 0.816. The molecule has 0 aliphatic carbocycles. The van der Waals surface area contributed by atoms with Crippen LogP contribution in [0.4, 0.5) is 4.39 Å². The zero-order valence-electron chi connectivity index (χ0n) is 7.84. The summed E-state index contributed by atoms with van der Waals surface area (Å²) in [7, 11) is 0. The highest BCUT2D eigenvalue weighted by atomic mass is 79.9. The maximum Gasteiger partial charge on any atom is 0.109 e. The van der Waals surface area contributed by atoms with Gasteiger partial charge in [0.1, 0.15) is 6.17 Å². The lowest BCUT2D eigenvalue weighted by molar-refractivity contribution is 0.228. The van der Waals surface area contributed by atoms with Gasteiger partial charge in [0.15, 0.2) is 0 Å². The van der Waals surface area contributed by atoms with E-state index in [9.17, 15) is 4.39 Å². The highest BCUT2D eigenvalue weighted by Crippen LogP contribution is 2.27. The molecular weight excluding hydrogens is 245 g/mol. The molecule has 2 rings (SSSR count). The molecule has 2 atom stereocenters. The van der Waals surface area contributed by atoms with Gasteiger partial charge in [0, 0.05) is 16.9 Å². The number of rotatable bonds is 1. The topological polar surface area (TPSA) is 12.0 Å². The van der Waals surface area contributed by atoms with E-state index in [1.54, 1.807) is 0 Å². The second-order valence-corrected chi connectivity index (χ2v) is 4.59. The minimum absolute atomic E-state index is 0.0150. The number of nitrogens with one attached hydrogen (secondary N) is 1. The minimum Gasteiger partial charge on any atom is -0.316 e. The normalized spacial score (nSPS) is 27.6. The third-order valence-corrected chi connectivity index (χ3v) is 3.17. The van der Waals surface area contributed by atoms with Gasteiger partial charge in [-0.3, -0.25) is 0 Å². The Kier molecular flexibility index (Phi) is 3.19. The number of benzene rings is 1. The molecule has 1 heterocycles. The molecule has 0 radical (unpaired) electrons. The predicted molar refractivity (Wildman–Crippen MR) is 59.3 cm³/mol. The van der Waals surface area contributed by atoms with Gasteiger partial charge in [-0.05, 0) is 30.7 Å². The van der Waals surface area contributed by atoms with Crippen LogP contribution in [-0.4, -0.2) is 19.3 Å². The van der Waals surface area contributed by atoms with E-state index in [0.29, 0.717) is 6.42 Å². The highest BCUT2D eigenvalue weighted by molar-refractivity contribution is 9.10. The van der Waals surface area contributed by atoms with Crippen molar-refractivity contribution < 1.29 is 4.39 Å². The molecule has 0 spiro atoms. The Hall–Kier alpha value is -0.410. The van der Waals surface area contributed by atoms with Gasteiger partial charge < -0.3 is 5.32 Å². The van der Waals surface area contributed by atoms with E-state index in [1.807, 2.05) is 24.3 Å². The largest absolute Gasteiger partial charge is 0.316 e. The second kappa shape index (κ2) is 4.41. The summed E-state index contributed by atoms with van der Waals surface area (Å²) in [5.74, 6) is 0.0150. The fourth-order valence-corrected chi connectivity index (χ4v) is 2.31. The van der Waals surface area contributed by atoms with Gasteiger partial charge in [0.2, 0.25) is 0 Å². The van der Waals surface area contributed by atoms with Crippen LogP contribution in [0.5, 0.6) is 0 Å². The van der Waals surface area contributed by atoms with E-state index in [-0.39, 0.29) is 5.92 Å². The van der Waals surface area contributed by atoms with Crippen molar-refractivity contribution in [2.24, 2.45) is 0 Å². The molecule has 1 aromatic rings. The van der Waals surface area contributed by atoms with Crippen LogP contribution in [0.15, 0.2) is 28.7 Å². The Bertz CT molecular complexity index is 316. The summed E-state index contributed by atoms with van der Waals surface area (Å²) in [6.07, 6.45) is -0.0810. The molecule has 14 heavy (non-hydrogen) atoms. The van der Waals surface area contributed by atoms with Crippen molar-refractivity contribution in [3.63, 3.8) is 0 Å². The van der Waals surface area contributed by atoms with Crippen LogP contribution in [0.3, 0.4) is 0 Å². The molecule has 1 fully saturated rings. The summed E-state index contributed by atoms with van der Waals surface area (Å²) in [6.45, 7) is 1.54. The van der Waals surface area contributed by atoms with Crippen LogP contribution in [0, 0.1) is 0 Å². The van der Waals surface area contributed by atoms with E-state index in [0.717, 1.165) is 23.1 Å². The molecule has 2 unspecified atom stereocenters. The first-order valence-corrected chi connectivity index (χ1v) is 5.67. The van der Waals surface area contributed by atoms with Gasteiger partial charge in [0.25, 0.3) is 0 Å². The average molecular weight is 258 g/mol. The third kappa shape index (κ3) is 2.15. The Morgan fingerprint density at radius 2 is 2.29 bits per heavy atom. The molecule has 1 nitrogen and oxygen atoms in total. The molecule has 1 aromatic carbocycles. The maximum atomic E-state index is 13.6. The van der Waals surface area contributed by atoms with Crippen LogP contribution in [-0.2, 0) is 0 Å². The first-order chi connectivity index (χ1) is 6.77. The molecule has 1 N–H and O–H groups in total. The van der Waals surface area contributed by atoms with Crippen molar-refractivity contribution in [2.75, 3.05) is 13.1 Å². The molecule has 0 aromatic heterocycles. The first-order valence-electron chi connectivity index (χ1n) is 4.87. The minimum atomic E-state index is -0.703. The van der Waals surface area contributed by atoms with Gasteiger partial charge in [-0.15, -0.1) is 0 Å². The molecular formula is C11H13BrFN. The summed E-state index contributed by atoms with van der Waals surface area (Å²) in [4.78, 5) is 0. The van der Waals surface area contributed by atoms with Crippen molar-refractivity contribution in [1.82, 2.24) is 5.32 Å². The van der Waals surface area contributed by atoms with Crippen LogP contribution >= 0.6 is 15.9 Å². The van der Waals surface area contributed by atoms with Crippen LogP contribution in [0.2, 0.25) is 0 Å². The average Bonchev–Trinajstić information content (AvgIpc) is 2.18. The van der Waals surface area contributed by atoms with E-state index in [2.05, 4.69) is 21.2 Å². The number of halogens is 2. The fourth-order valence-electron chi connectivity index (χ4n) is 1.89. The Morgan fingerprint density at radius 1 is 1.43 bits per heavy atom. The van der Waals surface area contributed by atoms with Crippen LogP contribution < -0.4 is 5.32 Å². The van der Waals surface area contributed by atoms with Crippen molar-refractivity contribution in [3.05, 3.63) is 34.3 Å². The van der Waals surface area contributed by atoms with E-state index in [4.69, 9.17) is 0 Å². The molecule has 1 aliphatic heterocycles. The van der Waals surface area contributed by atoms with Crippen LogP contribution in [0.25, 0.3) is 0 Å². The summed E-state index contributed by atoms with van der Waals surface area (Å²) in [5.41, 5.74) is 1.08. The molecule has 76 valence electrons. The lowest BCUT2D eigenvalue weighted by Gasteiger charge is -2.27. The fraction of sp³-hybridized carbons (Fsp3) is 0.455. The standard InChI is InChI=1S/C11H13BrFN/c12-9-3-1-2-8(6-9)10-7-14-5-4-11(10)13/h1-3,6,10-11,14H,4-5,7H2. The molecule has 0 bridgehead atoms. The van der Waals surface area contributed by atoms with Crippen molar-refractivity contribution in [2.45, 2.75) is 18.5 Å². The monoisotopic (exact) mass is 257 g/mol. The Labute approximate surface area is 91.8 Å². The first kappa shape index (κ1) is 10.1. The summed E-state index contributed by atoms with van der Waals surface area (Å²) < 4.78 is 14.6. The molecule has 3 heteroatoms. The maximum absolute atomic E-state index is 13.6. The number of alkyl halides is 1. The number of piperidine rings is 1. The van der Waals surface area contributed by atoms with Crippen molar-refractivity contribution in [3.8, 4) is 0 Å². The van der Waals surface area contributed by atoms with E-state index >= 15 is 0 Å². The summed E-state index contributed by atoms with van der Waals surface area (Å²) >= 11 is 3.41. The van der Waals surface area contributed by atoms with E-state index < -0.39 is 6.17 Å². The van der Waals surface area contributed by atoms with Gasteiger partial charge in [-0.1, -0.05) is 28.1 Å². The van der Waals surface area contributed by atoms with Gasteiger partial charge in [-0.25, -0.2) is 4.39 Å². The zero-order valence-corrected chi connectivity index (χ0v) is 9.43. The third-order valence-electron chi connectivity index (χ3n) is 2.67. The SMILES string of the molecule is FC1CCNCC1c1cccc(Br)c1. The lowest BCUT2D eigenvalue weighted by atomic mass is 9.90. The smallest absolute Gasteiger partial charge is 0.109 e.